The van der Waals surface area contributed by atoms with Crippen molar-refractivity contribution < 1.29 is 13.9 Å². The van der Waals surface area contributed by atoms with Gasteiger partial charge in [0.05, 0.1) is 23.6 Å². The molecule has 31 heavy (non-hydrogen) atoms. The summed E-state index contributed by atoms with van der Waals surface area (Å²) >= 11 is 6.26. The third-order valence-electron chi connectivity index (χ3n) is 5.54. The minimum atomic E-state index is -0.564. The van der Waals surface area contributed by atoms with Crippen molar-refractivity contribution in [3.8, 4) is 5.75 Å². The maximum absolute atomic E-state index is 13.5. The maximum atomic E-state index is 13.5. The molecule has 3 aromatic rings. The molecule has 0 fully saturated rings. The molecule has 0 saturated heterocycles. The molecule has 0 saturated carbocycles. The van der Waals surface area contributed by atoms with Crippen molar-refractivity contribution in [2.75, 3.05) is 13.2 Å². The number of hydrogen-bond donors (Lipinski definition) is 0. The number of ether oxygens (including phenoxy) is 1. The molecular weight excluding hydrogens is 414 g/mol. The lowest BCUT2D eigenvalue weighted by Crippen LogP contribution is -2.29. The predicted molar refractivity (Wildman–Crippen MR) is 122 cm³/mol. The van der Waals surface area contributed by atoms with Gasteiger partial charge in [0.1, 0.15) is 11.3 Å². The highest BCUT2D eigenvalue weighted by atomic mass is 35.5. The van der Waals surface area contributed by atoms with Gasteiger partial charge in [-0.3, -0.25) is 9.59 Å². The fourth-order valence-electron chi connectivity index (χ4n) is 3.90. The van der Waals surface area contributed by atoms with E-state index in [2.05, 4.69) is 13.5 Å². The van der Waals surface area contributed by atoms with E-state index < -0.39 is 6.04 Å². The summed E-state index contributed by atoms with van der Waals surface area (Å²) in [5.74, 6) is 0.508. The number of hydrogen-bond acceptors (Lipinski definition) is 4. The Balaban J connectivity index is 1.83. The van der Waals surface area contributed by atoms with Crippen molar-refractivity contribution in [3.63, 3.8) is 0 Å². The number of carbonyl (C=O) groups excluding carboxylic acids is 1. The summed E-state index contributed by atoms with van der Waals surface area (Å²) in [5, 5.41) is 0.851. The first-order valence-corrected chi connectivity index (χ1v) is 10.8. The highest BCUT2D eigenvalue weighted by Crippen LogP contribution is 2.39. The Kier molecular flexibility index (Phi) is 5.88. The lowest BCUT2D eigenvalue weighted by atomic mass is 9.98. The third-order valence-corrected chi connectivity index (χ3v) is 5.94. The fraction of sp³-hybridized carbons (Fsp3) is 0.280. The van der Waals surface area contributed by atoms with Gasteiger partial charge in [0.2, 0.25) is 5.76 Å². The summed E-state index contributed by atoms with van der Waals surface area (Å²) in [5.41, 5.74) is 2.03. The van der Waals surface area contributed by atoms with Gasteiger partial charge in [0.25, 0.3) is 5.91 Å². The predicted octanol–water partition coefficient (Wildman–Crippen LogP) is 5.66. The second kappa shape index (κ2) is 8.60. The molecule has 0 spiro atoms. The number of amides is 1. The first kappa shape index (κ1) is 21.2. The molecule has 6 heteroatoms. The minimum Gasteiger partial charge on any atom is -0.494 e. The van der Waals surface area contributed by atoms with Gasteiger partial charge in [0.15, 0.2) is 5.43 Å². The van der Waals surface area contributed by atoms with Crippen molar-refractivity contribution in [3.05, 3.63) is 86.7 Å². The largest absolute Gasteiger partial charge is 0.494 e. The van der Waals surface area contributed by atoms with E-state index in [1.54, 1.807) is 23.1 Å². The smallest absolute Gasteiger partial charge is 0.291 e. The number of unbranched alkanes of at least 4 members (excludes halogenated alkanes) is 1. The first-order chi connectivity index (χ1) is 15.0. The Morgan fingerprint density at radius 2 is 1.97 bits per heavy atom. The van der Waals surface area contributed by atoms with Crippen molar-refractivity contribution in [2.24, 2.45) is 0 Å². The van der Waals surface area contributed by atoms with Crippen LogP contribution in [0.5, 0.6) is 5.75 Å². The molecule has 2 aromatic carbocycles. The number of rotatable bonds is 7. The average Bonchev–Trinajstić information content (AvgIpc) is 3.03. The van der Waals surface area contributed by atoms with Gasteiger partial charge >= 0.3 is 0 Å². The van der Waals surface area contributed by atoms with Crippen LogP contribution in [0.15, 0.2) is 58.3 Å². The molecule has 0 N–H and O–H groups in total. The van der Waals surface area contributed by atoms with E-state index in [0.717, 1.165) is 29.7 Å². The molecule has 1 aliphatic rings. The van der Waals surface area contributed by atoms with Crippen molar-refractivity contribution in [2.45, 2.75) is 32.7 Å². The summed E-state index contributed by atoms with van der Waals surface area (Å²) in [7, 11) is 0. The van der Waals surface area contributed by atoms with Crippen LogP contribution in [0.4, 0.5) is 0 Å². The highest BCUT2D eigenvalue weighted by molar-refractivity contribution is 6.32. The van der Waals surface area contributed by atoms with Crippen LogP contribution in [0.3, 0.4) is 0 Å². The van der Waals surface area contributed by atoms with Crippen molar-refractivity contribution in [1.82, 2.24) is 4.90 Å². The zero-order valence-electron chi connectivity index (χ0n) is 17.6. The molecule has 0 aliphatic carbocycles. The molecule has 1 aliphatic heterocycles. The highest BCUT2D eigenvalue weighted by Gasteiger charge is 2.42. The van der Waals surface area contributed by atoms with Crippen LogP contribution in [0.1, 0.15) is 53.1 Å². The van der Waals surface area contributed by atoms with Gasteiger partial charge in [-0.25, -0.2) is 0 Å². The minimum absolute atomic E-state index is 0.0781. The zero-order valence-corrected chi connectivity index (χ0v) is 18.4. The van der Waals surface area contributed by atoms with Crippen LogP contribution in [-0.4, -0.2) is 24.0 Å². The van der Waals surface area contributed by atoms with E-state index in [1.807, 2.05) is 31.2 Å². The topological polar surface area (TPSA) is 59.8 Å². The van der Waals surface area contributed by atoms with Gasteiger partial charge < -0.3 is 14.1 Å². The van der Waals surface area contributed by atoms with Crippen LogP contribution in [0, 0.1) is 6.92 Å². The SMILES string of the molecule is C=CCN1C(=O)c2oc3cc(C)c(Cl)cc3c(=O)c2C1c1ccc(OCCCC)cc1. The van der Waals surface area contributed by atoms with E-state index >= 15 is 0 Å². The number of benzene rings is 2. The van der Waals surface area contributed by atoms with Crippen LogP contribution >= 0.6 is 11.6 Å². The number of carbonyl (C=O) groups is 1. The quantitative estimate of drug-likeness (QED) is 0.353. The second-order valence-corrected chi connectivity index (χ2v) is 8.10. The molecule has 0 bridgehead atoms. The molecule has 1 unspecified atom stereocenters. The summed E-state index contributed by atoms with van der Waals surface area (Å²) in [6.45, 7) is 8.64. The monoisotopic (exact) mass is 437 g/mol. The normalized spacial score (nSPS) is 15.4. The Morgan fingerprint density at radius 1 is 1.23 bits per heavy atom. The Bertz CT molecular complexity index is 1210. The summed E-state index contributed by atoms with van der Waals surface area (Å²) in [6.07, 6.45) is 3.68. The van der Waals surface area contributed by atoms with Gasteiger partial charge in [-0.05, 0) is 48.7 Å². The lowest BCUT2D eigenvalue weighted by Gasteiger charge is -2.23. The van der Waals surface area contributed by atoms with E-state index in [4.69, 9.17) is 20.8 Å². The van der Waals surface area contributed by atoms with Gasteiger partial charge in [-0.15, -0.1) is 6.58 Å². The first-order valence-electron chi connectivity index (χ1n) is 10.4. The van der Waals surface area contributed by atoms with Crippen LogP contribution in [0.2, 0.25) is 5.02 Å². The molecular formula is C25H24ClNO4. The van der Waals surface area contributed by atoms with Crippen LogP contribution < -0.4 is 10.2 Å². The maximum Gasteiger partial charge on any atom is 0.291 e. The summed E-state index contributed by atoms with van der Waals surface area (Å²) in [6, 6.07) is 10.2. The van der Waals surface area contributed by atoms with E-state index in [-0.39, 0.29) is 23.6 Å². The molecule has 1 aromatic heterocycles. The zero-order chi connectivity index (χ0) is 22.1. The molecule has 2 heterocycles. The van der Waals surface area contributed by atoms with E-state index in [9.17, 15) is 9.59 Å². The number of nitrogens with zero attached hydrogens (tertiary/aromatic N) is 1. The molecule has 1 amide bonds. The second-order valence-electron chi connectivity index (χ2n) is 7.69. The van der Waals surface area contributed by atoms with Gasteiger partial charge in [0, 0.05) is 11.6 Å². The summed E-state index contributed by atoms with van der Waals surface area (Å²) in [4.78, 5) is 28.2. The molecule has 0 radical (unpaired) electrons. The van der Waals surface area contributed by atoms with E-state index in [0.29, 0.717) is 28.2 Å². The Morgan fingerprint density at radius 3 is 2.65 bits per heavy atom. The molecule has 5 nitrogen and oxygen atoms in total. The Hall–Kier alpha value is -3.05. The number of halogens is 1. The third kappa shape index (κ3) is 3.74. The van der Waals surface area contributed by atoms with Crippen molar-refractivity contribution >= 4 is 28.5 Å². The standard InChI is InChI=1S/C25H24ClNO4/c1-4-6-12-30-17-9-7-16(8-10-17)22-21-23(28)18-14-19(26)15(3)13-20(18)31-24(21)25(29)27(22)11-5-2/h5,7-10,13-14,22H,2,4,6,11-12H2,1,3H3. The molecule has 4 rings (SSSR count). The van der Waals surface area contributed by atoms with Crippen molar-refractivity contribution in [1.29, 1.82) is 0 Å². The van der Waals surface area contributed by atoms with Gasteiger partial charge in [-0.1, -0.05) is 43.2 Å². The number of fused-ring (bicyclic) bond motifs is 2. The van der Waals surface area contributed by atoms with Crippen LogP contribution in [0.25, 0.3) is 11.0 Å². The molecule has 160 valence electrons. The fourth-order valence-corrected chi connectivity index (χ4v) is 4.06. The molecule has 1 atom stereocenters. The summed E-state index contributed by atoms with van der Waals surface area (Å²) < 4.78 is 11.7. The lowest BCUT2D eigenvalue weighted by molar-refractivity contribution is 0.0748. The number of aryl methyl sites for hydroxylation is 1. The Labute approximate surface area is 185 Å². The van der Waals surface area contributed by atoms with Gasteiger partial charge in [-0.2, -0.15) is 0 Å². The van der Waals surface area contributed by atoms with E-state index in [1.165, 1.54) is 0 Å². The average molecular weight is 438 g/mol. The van der Waals surface area contributed by atoms with Crippen LogP contribution in [-0.2, 0) is 0 Å².